The molecule has 2 heterocycles. The second kappa shape index (κ2) is 4.95. The first-order valence-electron chi connectivity index (χ1n) is 5.90. The van der Waals surface area contributed by atoms with Gasteiger partial charge in [0.2, 0.25) is 10.0 Å². The van der Waals surface area contributed by atoms with Crippen LogP contribution in [0.15, 0.2) is 11.1 Å². The first kappa shape index (κ1) is 14.0. The number of hydrogen-bond donors (Lipinski definition) is 2. The number of esters is 1. The lowest BCUT2D eigenvalue weighted by molar-refractivity contribution is 0.0513. The van der Waals surface area contributed by atoms with Crippen LogP contribution >= 0.6 is 0 Å². The predicted molar refractivity (Wildman–Crippen MR) is 66.3 cm³/mol. The average Bonchev–Trinajstić information content (AvgIpc) is 2.60. The monoisotopic (exact) mass is 288 g/mol. The number of aromatic nitrogens is 1. The van der Waals surface area contributed by atoms with Gasteiger partial charge in [-0.2, -0.15) is 0 Å². The van der Waals surface area contributed by atoms with E-state index >= 15 is 0 Å². The Bertz CT molecular complexity index is 605. The van der Waals surface area contributed by atoms with E-state index < -0.39 is 22.1 Å². The summed E-state index contributed by atoms with van der Waals surface area (Å²) in [5, 5.41) is 9.73. The Balaban J connectivity index is 2.60. The number of hydrogen-bond acceptors (Lipinski definition) is 5. The Morgan fingerprint density at radius 1 is 1.63 bits per heavy atom. The van der Waals surface area contributed by atoms with Crippen molar-refractivity contribution in [3.05, 3.63) is 17.5 Å². The molecule has 1 aromatic rings. The fraction of sp³-hybridized carbons (Fsp3) is 0.545. The van der Waals surface area contributed by atoms with Crippen LogP contribution in [0.25, 0.3) is 0 Å². The molecular weight excluding hydrogens is 272 g/mol. The zero-order valence-electron chi connectivity index (χ0n) is 10.7. The Morgan fingerprint density at radius 2 is 2.32 bits per heavy atom. The maximum absolute atomic E-state index is 12.0. The van der Waals surface area contributed by atoms with E-state index in [1.165, 1.54) is 10.8 Å². The average molecular weight is 288 g/mol. The Kier molecular flexibility index (Phi) is 3.66. The highest BCUT2D eigenvalue weighted by molar-refractivity contribution is 7.89. The molecule has 0 saturated heterocycles. The highest BCUT2D eigenvalue weighted by Crippen LogP contribution is 2.26. The molecule has 0 saturated carbocycles. The number of β-amino-alcohol motifs (C(OH)–C–C–N with tert-alkyl or cyclic N) is 1. The van der Waals surface area contributed by atoms with E-state index in [1.807, 2.05) is 0 Å². The summed E-state index contributed by atoms with van der Waals surface area (Å²) in [7, 11) is -2.13. The molecule has 8 heteroatoms. The molecule has 0 aromatic carbocycles. The molecule has 1 aromatic heterocycles. The molecule has 7 nitrogen and oxygen atoms in total. The van der Waals surface area contributed by atoms with E-state index in [4.69, 9.17) is 4.74 Å². The zero-order chi connectivity index (χ0) is 14.2. The lowest BCUT2D eigenvalue weighted by Crippen LogP contribution is -2.30. The molecule has 0 radical (unpaired) electrons. The number of sulfonamides is 1. The molecule has 1 atom stereocenters. The minimum absolute atomic E-state index is 0.0228. The van der Waals surface area contributed by atoms with E-state index in [9.17, 15) is 18.3 Å². The van der Waals surface area contributed by atoms with Crippen LogP contribution in [0, 0.1) is 0 Å². The van der Waals surface area contributed by atoms with Crippen molar-refractivity contribution in [3.63, 3.8) is 0 Å². The quantitative estimate of drug-likeness (QED) is 0.708. The number of aliphatic hydroxyl groups excluding tert-OH is 1. The van der Waals surface area contributed by atoms with E-state index in [0.29, 0.717) is 5.56 Å². The van der Waals surface area contributed by atoms with Crippen LogP contribution in [0.1, 0.15) is 23.0 Å². The largest absolute Gasteiger partial charge is 0.461 e. The third kappa shape index (κ3) is 2.51. The lowest BCUT2D eigenvalue weighted by atomic mass is 10.1. The maximum atomic E-state index is 12.0. The van der Waals surface area contributed by atoms with Crippen molar-refractivity contribution >= 4 is 16.0 Å². The molecule has 0 fully saturated rings. The van der Waals surface area contributed by atoms with Gasteiger partial charge < -0.3 is 14.4 Å². The second-order valence-electron chi connectivity index (χ2n) is 4.36. The number of aryl methyl sites for hydroxylation is 1. The van der Waals surface area contributed by atoms with Gasteiger partial charge in [-0.1, -0.05) is 0 Å². The Morgan fingerprint density at radius 3 is 2.95 bits per heavy atom. The fourth-order valence-corrected chi connectivity index (χ4v) is 3.50. The topological polar surface area (TPSA) is 97.6 Å². The number of rotatable bonds is 2. The van der Waals surface area contributed by atoms with Gasteiger partial charge in [-0.3, -0.25) is 0 Å². The van der Waals surface area contributed by atoms with Gasteiger partial charge in [0.15, 0.2) is 0 Å². The van der Waals surface area contributed by atoms with Crippen molar-refractivity contribution in [2.75, 3.05) is 13.2 Å². The van der Waals surface area contributed by atoms with E-state index in [1.54, 1.807) is 14.0 Å². The fourth-order valence-electron chi connectivity index (χ4n) is 2.13. The summed E-state index contributed by atoms with van der Waals surface area (Å²) < 4.78 is 32.6. The molecule has 0 bridgehead atoms. The Hall–Kier alpha value is -1.38. The SMILES string of the molecule is CCOC(=O)c1c2c(cn1C)S(=O)(=O)NCC(O)C2. The van der Waals surface area contributed by atoms with Gasteiger partial charge in [-0.05, 0) is 6.92 Å². The summed E-state index contributed by atoms with van der Waals surface area (Å²) >= 11 is 0. The molecule has 1 unspecified atom stereocenters. The first-order valence-corrected chi connectivity index (χ1v) is 7.38. The summed E-state index contributed by atoms with van der Waals surface area (Å²) in [6.07, 6.45) is 0.588. The van der Waals surface area contributed by atoms with Gasteiger partial charge in [0.25, 0.3) is 0 Å². The van der Waals surface area contributed by atoms with Crippen LogP contribution in [0.3, 0.4) is 0 Å². The van der Waals surface area contributed by atoms with E-state index in [0.717, 1.165) is 0 Å². The summed E-state index contributed by atoms with van der Waals surface area (Å²) in [5.41, 5.74) is 0.474. The van der Waals surface area contributed by atoms with Crippen LogP contribution in [-0.2, 0) is 28.2 Å². The number of carbonyl (C=O) groups is 1. The third-order valence-electron chi connectivity index (χ3n) is 2.95. The number of nitrogens with zero attached hydrogens (tertiary/aromatic N) is 1. The van der Waals surface area contributed by atoms with Gasteiger partial charge in [0.05, 0.1) is 12.7 Å². The lowest BCUT2D eigenvalue weighted by Gasteiger charge is -2.09. The summed E-state index contributed by atoms with van der Waals surface area (Å²) in [6, 6.07) is 0. The molecule has 0 aliphatic carbocycles. The van der Waals surface area contributed by atoms with Crippen LogP contribution < -0.4 is 4.72 Å². The second-order valence-corrected chi connectivity index (χ2v) is 6.10. The molecule has 0 spiro atoms. The van der Waals surface area contributed by atoms with Crippen LogP contribution in [0.5, 0.6) is 0 Å². The third-order valence-corrected chi connectivity index (χ3v) is 4.43. The number of carbonyl (C=O) groups excluding carboxylic acids is 1. The van der Waals surface area contributed by atoms with Crippen molar-refractivity contribution in [1.82, 2.24) is 9.29 Å². The van der Waals surface area contributed by atoms with Gasteiger partial charge in [-0.25, -0.2) is 17.9 Å². The maximum Gasteiger partial charge on any atom is 0.355 e. The molecular formula is C11H16N2O5S. The minimum atomic E-state index is -3.70. The van der Waals surface area contributed by atoms with Crippen LogP contribution in [0.4, 0.5) is 0 Å². The molecule has 0 amide bonds. The zero-order valence-corrected chi connectivity index (χ0v) is 11.5. The van der Waals surface area contributed by atoms with Crippen LogP contribution in [0.2, 0.25) is 0 Å². The standard InChI is InChI=1S/C11H16N2O5S/c1-3-18-11(15)10-8-4-7(14)5-12-19(16,17)9(8)6-13(10)2/h6-7,12,14H,3-5H2,1-2H3. The van der Waals surface area contributed by atoms with Crippen molar-refractivity contribution in [1.29, 1.82) is 0 Å². The van der Waals surface area contributed by atoms with Gasteiger partial charge >= 0.3 is 5.97 Å². The number of aliphatic hydroxyl groups is 1. The van der Waals surface area contributed by atoms with Crippen LogP contribution in [-0.4, -0.2) is 43.3 Å². The summed E-state index contributed by atoms with van der Waals surface area (Å²) in [4.78, 5) is 11.9. The molecule has 19 heavy (non-hydrogen) atoms. The van der Waals surface area contributed by atoms with Crippen molar-refractivity contribution < 1.29 is 23.1 Å². The van der Waals surface area contributed by atoms with Gasteiger partial charge in [0.1, 0.15) is 10.6 Å². The summed E-state index contributed by atoms with van der Waals surface area (Å²) in [6.45, 7) is 1.81. The molecule has 2 N–H and O–H groups in total. The number of ether oxygens (including phenoxy) is 1. The smallest absolute Gasteiger partial charge is 0.355 e. The summed E-state index contributed by atoms with van der Waals surface area (Å²) in [5.74, 6) is -0.587. The highest BCUT2D eigenvalue weighted by Gasteiger charge is 2.32. The molecule has 2 rings (SSSR count). The van der Waals surface area contributed by atoms with Gasteiger partial charge in [0, 0.05) is 31.8 Å². The normalized spacial score (nSPS) is 21.5. The molecule has 106 valence electrons. The van der Waals surface area contributed by atoms with E-state index in [2.05, 4.69) is 4.72 Å². The van der Waals surface area contributed by atoms with E-state index in [-0.39, 0.29) is 30.2 Å². The highest BCUT2D eigenvalue weighted by atomic mass is 32.2. The van der Waals surface area contributed by atoms with Crippen molar-refractivity contribution in [2.45, 2.75) is 24.3 Å². The van der Waals surface area contributed by atoms with Gasteiger partial charge in [-0.15, -0.1) is 0 Å². The number of nitrogens with one attached hydrogen (secondary N) is 1. The first-order chi connectivity index (χ1) is 8.86. The van der Waals surface area contributed by atoms with Crippen molar-refractivity contribution in [3.8, 4) is 0 Å². The number of fused-ring (bicyclic) bond motifs is 1. The molecule has 1 aliphatic rings. The minimum Gasteiger partial charge on any atom is -0.461 e. The Labute approximate surface area is 111 Å². The predicted octanol–water partition coefficient (Wildman–Crippen LogP) is -0.603. The molecule has 1 aliphatic heterocycles. The van der Waals surface area contributed by atoms with Crippen molar-refractivity contribution in [2.24, 2.45) is 7.05 Å².